The molecule has 0 aromatic rings. The van der Waals surface area contributed by atoms with Gasteiger partial charge in [-0.1, -0.05) is 6.92 Å². The molecule has 0 aromatic heterocycles. The third kappa shape index (κ3) is 9.16. The molecule has 1 saturated carbocycles. The monoisotopic (exact) mass is 411 g/mol. The van der Waals surface area contributed by atoms with Gasteiger partial charge in [0.2, 0.25) is 0 Å². The molecule has 6 heteroatoms. The lowest BCUT2D eigenvalue weighted by Crippen LogP contribution is -2.45. The van der Waals surface area contributed by atoms with Crippen LogP contribution in [-0.4, -0.2) is 38.2 Å². The van der Waals surface area contributed by atoms with Crippen molar-refractivity contribution in [3.63, 3.8) is 0 Å². The van der Waals surface area contributed by atoms with E-state index in [9.17, 15) is 4.79 Å². The van der Waals surface area contributed by atoms with Gasteiger partial charge in [0.25, 0.3) is 0 Å². The second-order valence-corrected chi connectivity index (χ2v) is 5.51. The molecule has 0 spiro atoms. The maximum absolute atomic E-state index is 11.2. The number of carbonyl (C=O) groups is 1. The molecule has 1 rings (SSSR count). The number of halogens is 1. The summed E-state index contributed by atoms with van der Waals surface area (Å²) >= 11 is 0. The molecular weight excluding hydrogens is 381 g/mol. The van der Waals surface area contributed by atoms with E-state index in [4.69, 9.17) is 4.74 Å². The first-order valence-electron chi connectivity index (χ1n) is 7.78. The molecule has 21 heavy (non-hydrogen) atoms. The average Bonchev–Trinajstić information content (AvgIpc) is 2.44. The largest absolute Gasteiger partial charge is 0.466 e. The van der Waals surface area contributed by atoms with Gasteiger partial charge in [-0.25, -0.2) is 0 Å². The molecule has 0 bridgehead atoms. The molecule has 2 N–H and O–H groups in total. The van der Waals surface area contributed by atoms with Gasteiger partial charge in [-0.15, -0.1) is 24.0 Å². The fraction of sp³-hybridized carbons (Fsp3) is 0.867. The number of ether oxygens (including phenoxy) is 1. The quantitative estimate of drug-likeness (QED) is 0.232. The van der Waals surface area contributed by atoms with Crippen molar-refractivity contribution in [2.24, 2.45) is 10.9 Å². The summed E-state index contributed by atoms with van der Waals surface area (Å²) in [5.41, 5.74) is 0. The molecule has 124 valence electrons. The Bertz CT molecular complexity index is 316. The summed E-state index contributed by atoms with van der Waals surface area (Å²) < 4.78 is 4.89. The Morgan fingerprint density at radius 1 is 1.29 bits per heavy atom. The normalized spacial score (nSPS) is 22.1. The number of carbonyl (C=O) groups excluding carboxylic acids is 1. The highest BCUT2D eigenvalue weighted by molar-refractivity contribution is 14.0. The number of hydrogen-bond donors (Lipinski definition) is 2. The zero-order valence-electron chi connectivity index (χ0n) is 13.5. The zero-order valence-corrected chi connectivity index (χ0v) is 15.8. The third-order valence-corrected chi connectivity index (χ3v) is 3.74. The van der Waals surface area contributed by atoms with Gasteiger partial charge in [0.15, 0.2) is 5.96 Å². The molecule has 0 amide bonds. The molecule has 5 nitrogen and oxygen atoms in total. The molecule has 0 saturated heterocycles. The van der Waals surface area contributed by atoms with Crippen LogP contribution < -0.4 is 10.6 Å². The van der Waals surface area contributed by atoms with Crippen LogP contribution in [0.3, 0.4) is 0 Å². The van der Waals surface area contributed by atoms with E-state index in [-0.39, 0.29) is 29.9 Å². The van der Waals surface area contributed by atoms with Gasteiger partial charge in [0, 0.05) is 26.1 Å². The summed E-state index contributed by atoms with van der Waals surface area (Å²) in [6.45, 7) is 5.34. The summed E-state index contributed by atoms with van der Waals surface area (Å²) in [4.78, 5) is 15.4. The van der Waals surface area contributed by atoms with Crippen LogP contribution in [0.1, 0.15) is 52.4 Å². The maximum atomic E-state index is 11.2. The first kappa shape index (κ1) is 20.5. The smallest absolute Gasteiger partial charge is 0.305 e. The van der Waals surface area contributed by atoms with Gasteiger partial charge >= 0.3 is 5.97 Å². The van der Waals surface area contributed by atoms with Gasteiger partial charge in [-0.2, -0.15) is 0 Å². The predicted molar refractivity (Wildman–Crippen MR) is 97.2 cm³/mol. The standard InChI is InChI=1S/C15H29N3O2.HI/c1-4-20-14(19)6-5-11-17-15(16-3)18-13-9-7-12(2)8-10-13;/h12-13H,4-11H2,1-3H3,(H2,16,17,18);1H. The third-order valence-electron chi connectivity index (χ3n) is 3.74. The van der Waals surface area contributed by atoms with E-state index in [2.05, 4.69) is 22.5 Å². The lowest BCUT2D eigenvalue weighted by atomic mass is 9.87. The fourth-order valence-corrected chi connectivity index (χ4v) is 2.47. The van der Waals surface area contributed by atoms with Crippen LogP contribution >= 0.6 is 24.0 Å². The van der Waals surface area contributed by atoms with E-state index in [0.717, 1.165) is 24.8 Å². The number of nitrogens with zero attached hydrogens (tertiary/aromatic N) is 1. The molecule has 0 radical (unpaired) electrons. The van der Waals surface area contributed by atoms with E-state index in [1.807, 2.05) is 6.92 Å². The highest BCUT2D eigenvalue weighted by Gasteiger charge is 2.18. The minimum absolute atomic E-state index is 0. The molecule has 0 heterocycles. The number of guanidine groups is 1. The van der Waals surface area contributed by atoms with Crippen molar-refractivity contribution in [1.29, 1.82) is 0 Å². The molecule has 0 aliphatic heterocycles. The number of rotatable bonds is 6. The summed E-state index contributed by atoms with van der Waals surface area (Å²) in [5, 5.41) is 6.72. The van der Waals surface area contributed by atoms with Crippen molar-refractivity contribution in [3.8, 4) is 0 Å². The van der Waals surface area contributed by atoms with Crippen LogP contribution in [0.15, 0.2) is 4.99 Å². The molecule has 0 atom stereocenters. The topological polar surface area (TPSA) is 62.7 Å². The Hall–Kier alpha value is -0.530. The molecule has 1 fully saturated rings. The van der Waals surface area contributed by atoms with Crippen molar-refractivity contribution >= 4 is 35.9 Å². The number of hydrogen-bond acceptors (Lipinski definition) is 3. The first-order chi connectivity index (χ1) is 9.65. The van der Waals surface area contributed by atoms with Crippen LogP contribution in [0.4, 0.5) is 0 Å². The molecular formula is C15H30IN3O2. The predicted octanol–water partition coefficient (Wildman–Crippen LogP) is 2.69. The maximum Gasteiger partial charge on any atom is 0.305 e. The highest BCUT2D eigenvalue weighted by Crippen LogP contribution is 2.23. The van der Waals surface area contributed by atoms with E-state index in [1.54, 1.807) is 7.05 Å². The summed E-state index contributed by atoms with van der Waals surface area (Å²) in [6, 6.07) is 0.530. The van der Waals surface area contributed by atoms with E-state index >= 15 is 0 Å². The van der Waals surface area contributed by atoms with E-state index in [0.29, 0.717) is 19.1 Å². The van der Waals surface area contributed by atoms with Crippen LogP contribution in [0.25, 0.3) is 0 Å². The van der Waals surface area contributed by atoms with Gasteiger partial charge in [-0.05, 0) is 44.9 Å². The second-order valence-electron chi connectivity index (χ2n) is 5.51. The summed E-state index contributed by atoms with van der Waals surface area (Å²) in [7, 11) is 1.78. The Morgan fingerprint density at radius 3 is 2.52 bits per heavy atom. The van der Waals surface area contributed by atoms with E-state index < -0.39 is 0 Å². The van der Waals surface area contributed by atoms with Crippen molar-refractivity contribution < 1.29 is 9.53 Å². The van der Waals surface area contributed by atoms with Gasteiger partial charge < -0.3 is 15.4 Å². The SMILES string of the molecule is CCOC(=O)CCCNC(=NC)NC1CCC(C)CC1.I. The summed E-state index contributed by atoms with van der Waals surface area (Å²) in [6.07, 6.45) is 6.23. The number of esters is 1. The van der Waals surface area contributed by atoms with Crippen LogP contribution in [0.5, 0.6) is 0 Å². The lowest BCUT2D eigenvalue weighted by Gasteiger charge is -2.28. The van der Waals surface area contributed by atoms with Crippen LogP contribution in [0, 0.1) is 5.92 Å². The van der Waals surface area contributed by atoms with Crippen LogP contribution in [0.2, 0.25) is 0 Å². The van der Waals surface area contributed by atoms with Gasteiger partial charge in [-0.3, -0.25) is 9.79 Å². The van der Waals surface area contributed by atoms with Gasteiger partial charge in [0.05, 0.1) is 6.61 Å². The lowest BCUT2D eigenvalue weighted by molar-refractivity contribution is -0.143. The Morgan fingerprint density at radius 2 is 1.95 bits per heavy atom. The van der Waals surface area contributed by atoms with Crippen molar-refractivity contribution in [1.82, 2.24) is 10.6 Å². The van der Waals surface area contributed by atoms with Crippen LogP contribution in [-0.2, 0) is 9.53 Å². The number of nitrogens with one attached hydrogen (secondary N) is 2. The second kappa shape index (κ2) is 12.1. The fourth-order valence-electron chi connectivity index (χ4n) is 2.47. The van der Waals surface area contributed by atoms with Gasteiger partial charge in [0.1, 0.15) is 0 Å². The minimum atomic E-state index is -0.126. The molecule has 0 aromatic carbocycles. The highest BCUT2D eigenvalue weighted by atomic mass is 127. The zero-order chi connectivity index (χ0) is 14.8. The Kier molecular flexibility index (Phi) is 11.8. The Labute approximate surface area is 145 Å². The van der Waals surface area contributed by atoms with Crippen molar-refractivity contribution in [2.75, 3.05) is 20.2 Å². The van der Waals surface area contributed by atoms with Crippen molar-refractivity contribution in [3.05, 3.63) is 0 Å². The molecule has 1 aliphatic carbocycles. The molecule has 0 unspecified atom stereocenters. The first-order valence-corrected chi connectivity index (χ1v) is 7.78. The Balaban J connectivity index is 0.00000400. The number of aliphatic imine (C=N–C) groups is 1. The average molecular weight is 411 g/mol. The summed E-state index contributed by atoms with van der Waals surface area (Å²) in [5.74, 6) is 1.57. The van der Waals surface area contributed by atoms with Crippen molar-refractivity contribution in [2.45, 2.75) is 58.4 Å². The van der Waals surface area contributed by atoms with E-state index in [1.165, 1.54) is 25.7 Å². The molecule has 1 aliphatic rings. The minimum Gasteiger partial charge on any atom is -0.466 e.